The van der Waals surface area contributed by atoms with E-state index in [9.17, 15) is 12.8 Å². The number of nitrogens with two attached hydrogens (primary N) is 1. The van der Waals surface area contributed by atoms with Crippen molar-refractivity contribution in [2.45, 2.75) is 43.0 Å². The van der Waals surface area contributed by atoms with Crippen LogP contribution in [0.3, 0.4) is 0 Å². The molecule has 200 valence electrons. The van der Waals surface area contributed by atoms with Gasteiger partial charge < -0.3 is 20.6 Å². The number of hydrogen-bond donors (Lipinski definition) is 3. The van der Waals surface area contributed by atoms with E-state index in [4.69, 9.17) is 15.3 Å². The van der Waals surface area contributed by atoms with Crippen molar-refractivity contribution >= 4 is 15.7 Å². The Morgan fingerprint density at radius 1 is 1.03 bits per heavy atom. The minimum Gasteiger partial charge on any atom is -0.414 e. The SMILES string of the molecule is CC(CF)NCc1ccc(-c2nnc(-c3nc(-c4ccc(S(=O)(=O)C(C)CCO)cc4)cnc3N)o2)cc1. The number of hydrogen-bond acceptors (Lipinski definition) is 10. The Morgan fingerprint density at radius 2 is 1.68 bits per heavy atom. The van der Waals surface area contributed by atoms with Crippen LogP contribution in [-0.2, 0) is 16.4 Å². The topological polar surface area (TPSA) is 157 Å². The molecule has 4 rings (SSSR count). The monoisotopic (exact) mass is 540 g/mol. The number of nitrogen functional groups attached to an aromatic ring is 1. The number of benzene rings is 2. The van der Waals surface area contributed by atoms with Crippen LogP contribution in [0.2, 0.25) is 0 Å². The van der Waals surface area contributed by atoms with Gasteiger partial charge in [0.05, 0.1) is 22.0 Å². The first-order valence-electron chi connectivity index (χ1n) is 12.0. The van der Waals surface area contributed by atoms with Crippen molar-refractivity contribution in [2.75, 3.05) is 19.0 Å². The van der Waals surface area contributed by atoms with Crippen LogP contribution in [-0.4, -0.2) is 58.3 Å². The normalized spacial score (nSPS) is 13.4. The summed E-state index contributed by atoms with van der Waals surface area (Å²) >= 11 is 0. The maximum Gasteiger partial charge on any atom is 0.270 e. The zero-order valence-corrected chi connectivity index (χ0v) is 21.8. The molecule has 2 unspecified atom stereocenters. The fourth-order valence-corrected chi connectivity index (χ4v) is 5.02. The summed E-state index contributed by atoms with van der Waals surface area (Å²) in [6.07, 6.45) is 1.63. The molecular formula is C26H29FN6O4S. The van der Waals surface area contributed by atoms with E-state index >= 15 is 0 Å². The molecule has 0 fully saturated rings. The lowest BCUT2D eigenvalue weighted by molar-refractivity contribution is 0.287. The summed E-state index contributed by atoms with van der Waals surface area (Å²) in [4.78, 5) is 8.89. The molecule has 4 N–H and O–H groups in total. The van der Waals surface area contributed by atoms with E-state index in [2.05, 4.69) is 25.5 Å². The van der Waals surface area contributed by atoms with Gasteiger partial charge in [0, 0.05) is 30.3 Å². The van der Waals surface area contributed by atoms with Crippen LogP contribution in [0.4, 0.5) is 10.2 Å². The second kappa shape index (κ2) is 11.8. The standard InChI is InChI=1S/C26H29FN6O4S/c1-16(13-27)29-14-18-3-5-20(6-4-18)25-32-33-26(37-25)23-24(28)30-15-22(31-23)19-7-9-21(10-8-19)38(35,36)17(2)11-12-34/h3-10,15-17,29,34H,11-14H2,1-2H3,(H2,28,30). The van der Waals surface area contributed by atoms with Crippen LogP contribution >= 0.6 is 0 Å². The van der Waals surface area contributed by atoms with E-state index in [0.29, 0.717) is 23.4 Å². The van der Waals surface area contributed by atoms with Crippen LogP contribution in [0.1, 0.15) is 25.8 Å². The number of aliphatic hydroxyl groups is 1. The molecule has 0 bridgehead atoms. The largest absolute Gasteiger partial charge is 0.414 e. The minimum atomic E-state index is -3.56. The van der Waals surface area contributed by atoms with Gasteiger partial charge >= 0.3 is 0 Å². The summed E-state index contributed by atoms with van der Waals surface area (Å²) in [5.41, 5.74) is 9.00. The molecule has 0 radical (unpaired) electrons. The van der Waals surface area contributed by atoms with Crippen LogP contribution < -0.4 is 11.1 Å². The first kappa shape index (κ1) is 27.3. The third-order valence-electron chi connectivity index (χ3n) is 6.06. The van der Waals surface area contributed by atoms with Crippen molar-refractivity contribution in [1.82, 2.24) is 25.5 Å². The summed E-state index contributed by atoms with van der Waals surface area (Å²) in [7, 11) is -3.56. The van der Waals surface area contributed by atoms with Gasteiger partial charge in [-0.2, -0.15) is 0 Å². The second-order valence-electron chi connectivity index (χ2n) is 8.93. The highest BCUT2D eigenvalue weighted by Crippen LogP contribution is 2.29. The maximum atomic E-state index is 12.7. The Kier molecular flexibility index (Phi) is 8.45. The Hall–Kier alpha value is -3.74. The van der Waals surface area contributed by atoms with Crippen molar-refractivity contribution in [2.24, 2.45) is 0 Å². The lowest BCUT2D eigenvalue weighted by Crippen LogP contribution is -2.27. The zero-order valence-electron chi connectivity index (χ0n) is 21.0. The third-order valence-corrected chi connectivity index (χ3v) is 8.28. The van der Waals surface area contributed by atoms with Crippen LogP contribution in [0, 0.1) is 0 Å². The van der Waals surface area contributed by atoms with Crippen molar-refractivity contribution in [1.29, 1.82) is 0 Å². The van der Waals surface area contributed by atoms with Gasteiger partial charge in [0.1, 0.15) is 6.67 Å². The highest BCUT2D eigenvalue weighted by molar-refractivity contribution is 7.92. The number of halogens is 1. The fraction of sp³-hybridized carbons (Fsp3) is 0.308. The van der Waals surface area contributed by atoms with E-state index in [0.717, 1.165) is 5.56 Å². The predicted molar refractivity (Wildman–Crippen MR) is 141 cm³/mol. The predicted octanol–water partition coefficient (Wildman–Crippen LogP) is 3.44. The van der Waals surface area contributed by atoms with Gasteiger partial charge in [-0.3, -0.25) is 0 Å². The average Bonchev–Trinajstić information content (AvgIpc) is 3.42. The molecule has 0 aliphatic rings. The lowest BCUT2D eigenvalue weighted by Gasteiger charge is -2.12. The van der Waals surface area contributed by atoms with Crippen molar-refractivity contribution in [3.63, 3.8) is 0 Å². The highest BCUT2D eigenvalue weighted by atomic mass is 32.2. The fourth-order valence-electron chi connectivity index (χ4n) is 3.63. The summed E-state index contributed by atoms with van der Waals surface area (Å²) in [6.45, 7) is 3.24. The van der Waals surface area contributed by atoms with Crippen molar-refractivity contribution < 1.29 is 22.3 Å². The Morgan fingerprint density at radius 3 is 2.34 bits per heavy atom. The molecule has 12 heteroatoms. The number of alkyl halides is 1. The Balaban J connectivity index is 1.54. The molecule has 4 aromatic rings. The summed E-state index contributed by atoms with van der Waals surface area (Å²) in [5, 5.41) is 19.7. The molecule has 10 nitrogen and oxygen atoms in total. The van der Waals surface area contributed by atoms with Gasteiger partial charge in [-0.05, 0) is 50.1 Å². The van der Waals surface area contributed by atoms with E-state index in [1.54, 1.807) is 26.0 Å². The quantitative estimate of drug-likeness (QED) is 0.257. The molecule has 2 aromatic carbocycles. The van der Waals surface area contributed by atoms with Gasteiger partial charge in [0.25, 0.3) is 5.89 Å². The number of aromatic nitrogens is 4. The highest BCUT2D eigenvalue weighted by Gasteiger charge is 2.23. The maximum absolute atomic E-state index is 12.7. The van der Waals surface area contributed by atoms with E-state index < -0.39 is 21.8 Å². The van der Waals surface area contributed by atoms with Gasteiger partial charge in [-0.25, -0.2) is 22.8 Å². The minimum absolute atomic E-state index is 0.0892. The first-order chi connectivity index (χ1) is 18.2. The van der Waals surface area contributed by atoms with E-state index in [1.807, 2.05) is 24.3 Å². The number of anilines is 1. The molecule has 38 heavy (non-hydrogen) atoms. The number of rotatable bonds is 11. The van der Waals surface area contributed by atoms with Crippen LogP contribution in [0.15, 0.2) is 64.0 Å². The summed E-state index contributed by atoms with van der Waals surface area (Å²) in [6, 6.07) is 13.5. The summed E-state index contributed by atoms with van der Waals surface area (Å²) in [5.74, 6) is 0.463. The van der Waals surface area contributed by atoms with E-state index in [1.165, 1.54) is 18.3 Å². The molecule has 0 spiro atoms. The van der Waals surface area contributed by atoms with Crippen LogP contribution in [0.5, 0.6) is 0 Å². The van der Waals surface area contributed by atoms with Gasteiger partial charge in [0.15, 0.2) is 21.3 Å². The molecule has 0 saturated carbocycles. The number of nitrogens with zero attached hydrogens (tertiary/aromatic N) is 4. The lowest BCUT2D eigenvalue weighted by atomic mass is 10.1. The van der Waals surface area contributed by atoms with Crippen molar-refractivity contribution in [3.8, 4) is 34.3 Å². The van der Waals surface area contributed by atoms with Gasteiger partial charge in [0.2, 0.25) is 5.89 Å². The second-order valence-corrected chi connectivity index (χ2v) is 11.3. The smallest absolute Gasteiger partial charge is 0.270 e. The summed E-state index contributed by atoms with van der Waals surface area (Å²) < 4.78 is 43.8. The van der Waals surface area contributed by atoms with E-state index in [-0.39, 0.29) is 47.3 Å². The molecule has 0 aliphatic heterocycles. The number of sulfone groups is 1. The first-order valence-corrected chi connectivity index (χ1v) is 13.6. The third kappa shape index (κ3) is 6.04. The molecule has 2 atom stereocenters. The number of nitrogens with one attached hydrogen (secondary N) is 1. The van der Waals surface area contributed by atoms with Gasteiger partial charge in [-0.15, -0.1) is 10.2 Å². The molecule has 2 heterocycles. The zero-order chi connectivity index (χ0) is 27.3. The van der Waals surface area contributed by atoms with Gasteiger partial charge in [-0.1, -0.05) is 24.3 Å². The van der Waals surface area contributed by atoms with Crippen LogP contribution in [0.25, 0.3) is 34.3 Å². The Labute approximate surface area is 220 Å². The number of aliphatic hydroxyl groups excluding tert-OH is 1. The average molecular weight is 541 g/mol. The molecule has 2 aromatic heterocycles. The molecular weight excluding hydrogens is 511 g/mol. The molecule has 0 amide bonds. The molecule has 0 saturated heterocycles. The van der Waals surface area contributed by atoms with Crippen molar-refractivity contribution in [3.05, 3.63) is 60.3 Å². The molecule has 0 aliphatic carbocycles. The Bertz CT molecular complexity index is 1480.